The highest BCUT2D eigenvalue weighted by Gasteiger charge is 2.04. The highest BCUT2D eigenvalue weighted by molar-refractivity contribution is 5.11. The highest BCUT2D eigenvalue weighted by Crippen LogP contribution is 2.09. The Hall–Kier alpha value is -1.85. The molecule has 0 fully saturated rings. The molecule has 0 aliphatic rings. The van der Waals surface area contributed by atoms with Gasteiger partial charge < -0.3 is 9.26 Å². The molecule has 0 N–H and O–H groups in total. The number of aromatic nitrogens is 4. The van der Waals surface area contributed by atoms with E-state index in [0.29, 0.717) is 24.1 Å². The van der Waals surface area contributed by atoms with Crippen LogP contribution in [0.3, 0.4) is 0 Å². The summed E-state index contributed by atoms with van der Waals surface area (Å²) in [5.74, 6) is 1.79. The van der Waals surface area contributed by atoms with E-state index in [-0.39, 0.29) is 0 Å². The summed E-state index contributed by atoms with van der Waals surface area (Å²) in [6.07, 6.45) is 3.49. The van der Waals surface area contributed by atoms with Crippen molar-refractivity contribution in [1.82, 2.24) is 19.9 Å². The van der Waals surface area contributed by atoms with Crippen LogP contribution in [0.2, 0.25) is 0 Å². The van der Waals surface area contributed by atoms with Crippen molar-refractivity contribution in [2.75, 3.05) is 0 Å². The number of aryl methyl sites for hydroxylation is 2. The zero-order valence-electron chi connectivity index (χ0n) is 8.67. The van der Waals surface area contributed by atoms with Crippen LogP contribution in [-0.2, 0) is 13.2 Å². The number of hydrogen-bond acceptors (Lipinski definition) is 5. The summed E-state index contributed by atoms with van der Waals surface area (Å²) in [5, 5.41) is 7.80. The number of rotatable bonds is 4. The molecule has 0 unspecified atom stereocenters. The molecule has 6 heteroatoms. The molecule has 0 saturated heterocycles. The van der Waals surface area contributed by atoms with E-state index in [1.807, 2.05) is 13.1 Å². The first-order valence-electron chi connectivity index (χ1n) is 4.72. The minimum Gasteiger partial charge on any atom is -0.482 e. The van der Waals surface area contributed by atoms with Gasteiger partial charge in [0.1, 0.15) is 0 Å². The molecule has 0 saturated carbocycles. The van der Waals surface area contributed by atoms with Crippen molar-refractivity contribution in [1.29, 1.82) is 0 Å². The molecule has 80 valence electrons. The predicted octanol–water partition coefficient (Wildman–Crippen LogP) is 1.17. The van der Waals surface area contributed by atoms with Crippen LogP contribution in [0.1, 0.15) is 18.6 Å². The third kappa shape index (κ3) is 2.34. The van der Waals surface area contributed by atoms with Gasteiger partial charge in [-0.15, -0.1) is 0 Å². The molecule has 0 radical (unpaired) electrons. The van der Waals surface area contributed by atoms with E-state index in [1.165, 1.54) is 0 Å². The lowest BCUT2D eigenvalue weighted by Crippen LogP contribution is -1.97. The zero-order chi connectivity index (χ0) is 10.7. The molecule has 6 nitrogen and oxygen atoms in total. The smallest absolute Gasteiger partial charge is 0.223 e. The van der Waals surface area contributed by atoms with E-state index in [2.05, 4.69) is 15.2 Å². The third-order valence-electron chi connectivity index (χ3n) is 1.87. The lowest BCUT2D eigenvalue weighted by atomic mass is 10.6. The molecular weight excluding hydrogens is 196 g/mol. The average molecular weight is 208 g/mol. The monoisotopic (exact) mass is 208 g/mol. The Morgan fingerprint density at radius 1 is 1.53 bits per heavy atom. The molecule has 2 aromatic heterocycles. The van der Waals surface area contributed by atoms with E-state index < -0.39 is 0 Å². The highest BCUT2D eigenvalue weighted by atomic mass is 16.5. The Labute approximate surface area is 86.9 Å². The summed E-state index contributed by atoms with van der Waals surface area (Å²) in [6.45, 7) is 4.88. The Bertz CT molecular complexity index is 435. The van der Waals surface area contributed by atoms with Crippen molar-refractivity contribution in [2.45, 2.75) is 27.0 Å². The summed E-state index contributed by atoms with van der Waals surface area (Å²) >= 11 is 0. The van der Waals surface area contributed by atoms with Crippen molar-refractivity contribution in [3.8, 4) is 5.75 Å². The van der Waals surface area contributed by atoms with Crippen LogP contribution in [-0.4, -0.2) is 19.9 Å². The van der Waals surface area contributed by atoms with Gasteiger partial charge >= 0.3 is 0 Å². The Morgan fingerprint density at radius 2 is 2.40 bits per heavy atom. The maximum atomic E-state index is 5.42. The van der Waals surface area contributed by atoms with Crippen molar-refractivity contribution in [3.63, 3.8) is 0 Å². The first-order chi connectivity index (χ1) is 7.28. The minimum absolute atomic E-state index is 0.298. The second kappa shape index (κ2) is 4.12. The van der Waals surface area contributed by atoms with Crippen LogP contribution >= 0.6 is 0 Å². The Balaban J connectivity index is 1.93. The SMILES string of the molecule is CCn1cc(OCc2noc(C)n2)cn1. The van der Waals surface area contributed by atoms with E-state index in [4.69, 9.17) is 9.26 Å². The third-order valence-corrected chi connectivity index (χ3v) is 1.87. The van der Waals surface area contributed by atoms with Gasteiger partial charge in [0.05, 0.1) is 12.4 Å². The minimum atomic E-state index is 0.298. The molecule has 0 aliphatic carbocycles. The Morgan fingerprint density at radius 3 is 3.00 bits per heavy atom. The van der Waals surface area contributed by atoms with E-state index in [1.54, 1.807) is 17.8 Å². The van der Waals surface area contributed by atoms with Gasteiger partial charge in [-0.05, 0) is 6.92 Å². The zero-order valence-corrected chi connectivity index (χ0v) is 8.67. The van der Waals surface area contributed by atoms with Crippen molar-refractivity contribution < 1.29 is 9.26 Å². The molecule has 0 bridgehead atoms. The van der Waals surface area contributed by atoms with Crippen LogP contribution in [0.25, 0.3) is 0 Å². The van der Waals surface area contributed by atoms with Gasteiger partial charge in [-0.2, -0.15) is 10.1 Å². The fourth-order valence-electron chi connectivity index (χ4n) is 1.14. The van der Waals surface area contributed by atoms with Crippen molar-refractivity contribution in [3.05, 3.63) is 24.1 Å². The van der Waals surface area contributed by atoms with Crippen LogP contribution < -0.4 is 4.74 Å². The largest absolute Gasteiger partial charge is 0.482 e. The molecule has 0 aromatic carbocycles. The van der Waals surface area contributed by atoms with Crippen LogP contribution in [0.15, 0.2) is 16.9 Å². The van der Waals surface area contributed by atoms with Gasteiger partial charge in [0, 0.05) is 13.5 Å². The van der Waals surface area contributed by atoms with Gasteiger partial charge in [0.2, 0.25) is 11.7 Å². The molecule has 2 rings (SSSR count). The molecule has 15 heavy (non-hydrogen) atoms. The molecular formula is C9H12N4O2. The van der Waals surface area contributed by atoms with Gasteiger partial charge in [0.15, 0.2) is 12.4 Å². The molecule has 0 amide bonds. The van der Waals surface area contributed by atoms with Crippen molar-refractivity contribution in [2.24, 2.45) is 0 Å². The molecule has 0 aliphatic heterocycles. The summed E-state index contributed by atoms with van der Waals surface area (Å²) in [4.78, 5) is 4.02. The van der Waals surface area contributed by atoms with Gasteiger partial charge in [-0.3, -0.25) is 4.68 Å². The normalized spacial score (nSPS) is 10.5. The lowest BCUT2D eigenvalue weighted by molar-refractivity contribution is 0.285. The molecule has 2 heterocycles. The van der Waals surface area contributed by atoms with Crippen molar-refractivity contribution >= 4 is 0 Å². The van der Waals surface area contributed by atoms with Crippen LogP contribution in [0, 0.1) is 6.92 Å². The molecule has 0 atom stereocenters. The summed E-state index contributed by atoms with van der Waals surface area (Å²) in [6, 6.07) is 0. The first kappa shape index (κ1) is 9.70. The molecule has 0 spiro atoms. The Kier molecular flexibility index (Phi) is 2.66. The molecule has 2 aromatic rings. The summed E-state index contributed by atoms with van der Waals surface area (Å²) in [5.41, 5.74) is 0. The second-order valence-corrected chi connectivity index (χ2v) is 3.05. The quantitative estimate of drug-likeness (QED) is 0.754. The van der Waals surface area contributed by atoms with E-state index >= 15 is 0 Å². The van der Waals surface area contributed by atoms with Crippen LogP contribution in [0.5, 0.6) is 5.75 Å². The topological polar surface area (TPSA) is 66.0 Å². The van der Waals surface area contributed by atoms with Gasteiger partial charge in [0.25, 0.3) is 0 Å². The average Bonchev–Trinajstić information content (AvgIpc) is 2.83. The summed E-state index contributed by atoms with van der Waals surface area (Å²) in [7, 11) is 0. The van der Waals surface area contributed by atoms with Gasteiger partial charge in [-0.1, -0.05) is 5.16 Å². The maximum Gasteiger partial charge on any atom is 0.223 e. The number of nitrogens with zero attached hydrogens (tertiary/aromatic N) is 4. The first-order valence-corrected chi connectivity index (χ1v) is 4.72. The predicted molar refractivity (Wildman–Crippen MR) is 51.3 cm³/mol. The van der Waals surface area contributed by atoms with E-state index in [9.17, 15) is 0 Å². The summed E-state index contributed by atoms with van der Waals surface area (Å²) < 4.78 is 12.0. The van der Waals surface area contributed by atoms with E-state index in [0.717, 1.165) is 6.54 Å². The maximum absolute atomic E-state index is 5.42. The fraction of sp³-hybridized carbons (Fsp3) is 0.444. The lowest BCUT2D eigenvalue weighted by Gasteiger charge is -1.97. The van der Waals surface area contributed by atoms with Crippen LogP contribution in [0.4, 0.5) is 0 Å². The fourth-order valence-corrected chi connectivity index (χ4v) is 1.14. The number of ether oxygens (including phenoxy) is 1. The number of hydrogen-bond donors (Lipinski definition) is 0. The van der Waals surface area contributed by atoms with Gasteiger partial charge in [-0.25, -0.2) is 0 Å². The standard InChI is InChI=1S/C9H12N4O2/c1-3-13-5-8(4-10-13)14-6-9-11-7(2)15-12-9/h4-5H,3,6H2,1-2H3. The second-order valence-electron chi connectivity index (χ2n) is 3.05.